The molecule has 2 heterocycles. The Hall–Kier alpha value is -1.69. The van der Waals surface area contributed by atoms with Crippen LogP contribution in [-0.4, -0.2) is 38.1 Å². The lowest BCUT2D eigenvalue weighted by Gasteiger charge is -2.21. The van der Waals surface area contributed by atoms with Crippen LogP contribution in [0.4, 0.5) is 5.95 Å². The predicted molar refractivity (Wildman–Crippen MR) is 77.2 cm³/mol. The highest BCUT2D eigenvalue weighted by molar-refractivity contribution is 6.28. The van der Waals surface area contributed by atoms with Gasteiger partial charge in [0.05, 0.1) is 0 Å². The number of hydrogen-bond acceptors (Lipinski definition) is 5. The van der Waals surface area contributed by atoms with E-state index in [9.17, 15) is 0 Å². The molecule has 0 unspecified atom stereocenters. The molecule has 1 aliphatic rings. The van der Waals surface area contributed by atoms with Crippen LogP contribution in [0.15, 0.2) is 18.7 Å². The number of imidazole rings is 1. The van der Waals surface area contributed by atoms with Crippen LogP contribution in [0.2, 0.25) is 5.28 Å². The van der Waals surface area contributed by atoms with Gasteiger partial charge in [-0.3, -0.25) is 4.57 Å². The van der Waals surface area contributed by atoms with Crippen molar-refractivity contribution >= 4 is 17.5 Å². The van der Waals surface area contributed by atoms with Gasteiger partial charge in [-0.2, -0.15) is 15.0 Å². The van der Waals surface area contributed by atoms with Crippen LogP contribution in [0, 0.1) is 5.92 Å². The molecule has 0 spiro atoms. The highest BCUT2D eigenvalue weighted by atomic mass is 35.5. The molecule has 1 fully saturated rings. The zero-order chi connectivity index (χ0) is 13.9. The average Bonchev–Trinajstić information content (AvgIpc) is 3.11. The number of nitrogens with zero attached hydrogens (tertiary/aromatic N) is 6. The topological polar surface area (TPSA) is 59.7 Å². The van der Waals surface area contributed by atoms with Crippen molar-refractivity contribution in [2.75, 3.05) is 18.5 Å². The molecule has 20 heavy (non-hydrogen) atoms. The third-order valence-electron chi connectivity index (χ3n) is 3.67. The Morgan fingerprint density at radius 2 is 2.10 bits per heavy atom. The van der Waals surface area contributed by atoms with E-state index in [-0.39, 0.29) is 5.28 Å². The molecule has 0 bridgehead atoms. The lowest BCUT2D eigenvalue weighted by atomic mass is 10.1. The van der Waals surface area contributed by atoms with Gasteiger partial charge in [0.25, 0.3) is 0 Å². The summed E-state index contributed by atoms with van der Waals surface area (Å²) in [6.45, 7) is 0.962. The standard InChI is InChI=1S/C13H17ClN6/c1-19(8-10-4-2-3-5-10)12-16-11(14)17-13(18-12)20-7-6-15-9-20/h6-7,9-10H,2-5,8H2,1H3. The Balaban J connectivity index is 1.81. The fourth-order valence-corrected chi connectivity index (χ4v) is 2.81. The van der Waals surface area contributed by atoms with Gasteiger partial charge in [-0.15, -0.1) is 0 Å². The molecule has 7 heteroatoms. The minimum atomic E-state index is 0.206. The smallest absolute Gasteiger partial charge is 0.241 e. The fraction of sp³-hybridized carbons (Fsp3) is 0.538. The van der Waals surface area contributed by atoms with E-state index >= 15 is 0 Å². The van der Waals surface area contributed by atoms with Crippen LogP contribution in [0.1, 0.15) is 25.7 Å². The Bertz CT molecular complexity index is 564. The summed E-state index contributed by atoms with van der Waals surface area (Å²) >= 11 is 6.00. The van der Waals surface area contributed by atoms with Crippen molar-refractivity contribution in [3.05, 3.63) is 24.0 Å². The van der Waals surface area contributed by atoms with Gasteiger partial charge in [-0.1, -0.05) is 12.8 Å². The monoisotopic (exact) mass is 292 g/mol. The first-order valence-corrected chi connectivity index (χ1v) is 7.21. The molecule has 3 rings (SSSR count). The number of aromatic nitrogens is 5. The van der Waals surface area contributed by atoms with E-state index in [0.29, 0.717) is 11.9 Å². The van der Waals surface area contributed by atoms with E-state index < -0.39 is 0 Å². The SMILES string of the molecule is CN(CC1CCCC1)c1nc(Cl)nc(-n2ccnc2)n1. The second-order valence-electron chi connectivity index (χ2n) is 5.21. The molecule has 0 aliphatic heterocycles. The molecule has 0 atom stereocenters. The lowest BCUT2D eigenvalue weighted by Crippen LogP contribution is -2.26. The van der Waals surface area contributed by atoms with Crippen LogP contribution < -0.4 is 4.90 Å². The molecular formula is C13H17ClN6. The molecule has 0 N–H and O–H groups in total. The van der Waals surface area contributed by atoms with E-state index in [0.717, 1.165) is 12.5 Å². The summed E-state index contributed by atoms with van der Waals surface area (Å²) in [4.78, 5) is 18.9. The minimum Gasteiger partial charge on any atom is -0.343 e. The van der Waals surface area contributed by atoms with Gasteiger partial charge in [-0.25, -0.2) is 4.98 Å². The van der Waals surface area contributed by atoms with E-state index in [1.807, 2.05) is 7.05 Å². The summed E-state index contributed by atoms with van der Waals surface area (Å²) in [6, 6.07) is 0. The van der Waals surface area contributed by atoms with Crippen LogP contribution in [0.3, 0.4) is 0 Å². The summed E-state index contributed by atoms with van der Waals surface area (Å²) in [5, 5.41) is 0.206. The van der Waals surface area contributed by atoms with Crippen molar-refractivity contribution < 1.29 is 0 Å². The summed E-state index contributed by atoms with van der Waals surface area (Å²) in [5.74, 6) is 1.84. The maximum Gasteiger partial charge on any atom is 0.241 e. The number of rotatable bonds is 4. The van der Waals surface area contributed by atoms with Gasteiger partial charge in [0.1, 0.15) is 6.33 Å². The quantitative estimate of drug-likeness (QED) is 0.865. The zero-order valence-electron chi connectivity index (χ0n) is 11.4. The third kappa shape index (κ3) is 2.90. The molecule has 0 aromatic carbocycles. The average molecular weight is 293 g/mol. The van der Waals surface area contributed by atoms with Crippen molar-refractivity contribution in [2.24, 2.45) is 5.92 Å². The first-order valence-electron chi connectivity index (χ1n) is 6.83. The summed E-state index contributed by atoms with van der Waals surface area (Å²) in [6.07, 6.45) is 10.3. The molecule has 6 nitrogen and oxygen atoms in total. The van der Waals surface area contributed by atoms with E-state index in [4.69, 9.17) is 11.6 Å². The van der Waals surface area contributed by atoms with Crippen LogP contribution in [-0.2, 0) is 0 Å². The van der Waals surface area contributed by atoms with E-state index in [2.05, 4.69) is 24.8 Å². The predicted octanol–water partition coefficient (Wildman–Crippen LogP) is 2.34. The third-order valence-corrected chi connectivity index (χ3v) is 3.84. The molecular weight excluding hydrogens is 276 g/mol. The van der Waals surface area contributed by atoms with Crippen molar-refractivity contribution in [3.8, 4) is 5.95 Å². The fourth-order valence-electron chi connectivity index (χ4n) is 2.65. The Morgan fingerprint density at radius 3 is 2.80 bits per heavy atom. The van der Waals surface area contributed by atoms with Crippen LogP contribution >= 0.6 is 11.6 Å². The first-order chi connectivity index (χ1) is 9.72. The minimum absolute atomic E-state index is 0.206. The summed E-state index contributed by atoms with van der Waals surface area (Å²) in [7, 11) is 2.00. The normalized spacial score (nSPS) is 15.7. The van der Waals surface area contributed by atoms with Gasteiger partial charge in [0.2, 0.25) is 17.2 Å². The molecule has 2 aromatic heterocycles. The molecule has 0 radical (unpaired) electrons. The maximum atomic E-state index is 6.00. The van der Waals surface area contributed by atoms with Gasteiger partial charge in [0, 0.05) is 26.0 Å². The number of halogens is 1. The van der Waals surface area contributed by atoms with Gasteiger partial charge >= 0.3 is 0 Å². The second-order valence-corrected chi connectivity index (χ2v) is 5.54. The summed E-state index contributed by atoms with van der Waals surface area (Å²) < 4.78 is 1.72. The van der Waals surface area contributed by atoms with Crippen LogP contribution in [0.25, 0.3) is 5.95 Å². The zero-order valence-corrected chi connectivity index (χ0v) is 12.2. The van der Waals surface area contributed by atoms with Gasteiger partial charge in [0.15, 0.2) is 0 Å². The van der Waals surface area contributed by atoms with E-state index in [1.54, 1.807) is 23.3 Å². The number of anilines is 1. The van der Waals surface area contributed by atoms with Gasteiger partial charge < -0.3 is 4.90 Å². The van der Waals surface area contributed by atoms with Crippen LogP contribution in [0.5, 0.6) is 0 Å². The molecule has 106 valence electrons. The van der Waals surface area contributed by atoms with E-state index in [1.165, 1.54) is 25.7 Å². The Kier molecular flexibility index (Phi) is 3.82. The maximum absolute atomic E-state index is 6.00. The summed E-state index contributed by atoms with van der Waals surface area (Å²) in [5.41, 5.74) is 0. The van der Waals surface area contributed by atoms with Crippen molar-refractivity contribution in [2.45, 2.75) is 25.7 Å². The lowest BCUT2D eigenvalue weighted by molar-refractivity contribution is 0.542. The van der Waals surface area contributed by atoms with Crippen molar-refractivity contribution in [1.29, 1.82) is 0 Å². The van der Waals surface area contributed by atoms with Gasteiger partial charge in [-0.05, 0) is 30.4 Å². The Morgan fingerprint density at radius 1 is 1.30 bits per heavy atom. The molecule has 0 saturated heterocycles. The first kappa shape index (κ1) is 13.3. The Labute approximate surface area is 122 Å². The molecule has 1 aliphatic carbocycles. The molecule has 2 aromatic rings. The molecule has 1 saturated carbocycles. The second kappa shape index (κ2) is 5.75. The molecule has 0 amide bonds. The van der Waals surface area contributed by atoms with Crippen molar-refractivity contribution in [1.82, 2.24) is 24.5 Å². The largest absolute Gasteiger partial charge is 0.343 e. The highest BCUT2D eigenvalue weighted by Gasteiger charge is 2.19. The highest BCUT2D eigenvalue weighted by Crippen LogP contribution is 2.26. The number of hydrogen-bond donors (Lipinski definition) is 0. The van der Waals surface area contributed by atoms with Crippen molar-refractivity contribution in [3.63, 3.8) is 0 Å².